The fourth-order valence-corrected chi connectivity index (χ4v) is 4.17. The summed E-state index contributed by atoms with van der Waals surface area (Å²) in [6, 6.07) is 7.91. The Balaban J connectivity index is 1.38. The summed E-state index contributed by atoms with van der Waals surface area (Å²) in [7, 11) is 0. The molecule has 0 radical (unpaired) electrons. The van der Waals surface area contributed by atoms with E-state index >= 15 is 0 Å². The number of imidazole rings is 1. The van der Waals surface area contributed by atoms with Crippen LogP contribution < -0.4 is 0 Å². The molecule has 4 aromatic heterocycles. The fourth-order valence-electron chi connectivity index (χ4n) is 4.17. The molecular formula is C22H20F3N5O. The highest BCUT2D eigenvalue weighted by Gasteiger charge is 2.33. The molecule has 1 atom stereocenters. The van der Waals surface area contributed by atoms with E-state index in [1.54, 1.807) is 17.2 Å². The lowest BCUT2D eigenvalue weighted by atomic mass is 9.94. The summed E-state index contributed by atoms with van der Waals surface area (Å²) < 4.78 is 40.7. The first-order valence-electron chi connectivity index (χ1n) is 10.1. The van der Waals surface area contributed by atoms with Crippen molar-refractivity contribution in [2.45, 2.75) is 31.9 Å². The fraction of sp³-hybridized carbons (Fsp3) is 0.318. The molecule has 0 bridgehead atoms. The standard InChI is InChI=1S/C22H20F3N5O/c1-13-6-8-29-12-18(28-20(29)9-13)21(31)30-7-2-3-14(11-30)16-10-17-15(26-16)4-5-19(27-17)22(23,24)25/h4-6,8-10,12,14,26H,2-3,7,11H2,1H3. The zero-order valence-electron chi connectivity index (χ0n) is 16.8. The number of rotatable bonds is 2. The third-order valence-corrected chi connectivity index (χ3v) is 5.77. The molecule has 1 amide bonds. The summed E-state index contributed by atoms with van der Waals surface area (Å²) in [4.78, 5) is 26.2. The molecule has 0 aromatic carbocycles. The van der Waals surface area contributed by atoms with Crippen molar-refractivity contribution in [3.8, 4) is 0 Å². The van der Waals surface area contributed by atoms with Crippen molar-refractivity contribution in [1.29, 1.82) is 0 Å². The summed E-state index contributed by atoms with van der Waals surface area (Å²) in [6.45, 7) is 3.07. The Morgan fingerprint density at radius 1 is 1.19 bits per heavy atom. The number of aryl methyl sites for hydroxylation is 1. The molecule has 5 heterocycles. The number of nitrogens with zero attached hydrogens (tertiary/aromatic N) is 4. The van der Waals surface area contributed by atoms with Crippen molar-refractivity contribution in [3.63, 3.8) is 0 Å². The maximum Gasteiger partial charge on any atom is 0.433 e. The number of H-pyrrole nitrogens is 1. The summed E-state index contributed by atoms with van der Waals surface area (Å²) in [5.74, 6) is -0.139. The first kappa shape index (κ1) is 19.6. The minimum absolute atomic E-state index is 0.000475. The van der Waals surface area contributed by atoms with E-state index in [4.69, 9.17) is 0 Å². The molecule has 0 saturated carbocycles. The molecule has 1 aliphatic rings. The molecule has 1 fully saturated rings. The summed E-state index contributed by atoms with van der Waals surface area (Å²) in [5, 5.41) is 0. The van der Waals surface area contributed by atoms with Gasteiger partial charge in [-0.1, -0.05) is 0 Å². The number of aromatic nitrogens is 4. The Labute approximate surface area is 175 Å². The summed E-state index contributed by atoms with van der Waals surface area (Å²) in [6.07, 6.45) is 0.769. The molecule has 160 valence electrons. The van der Waals surface area contributed by atoms with Crippen LogP contribution in [0.4, 0.5) is 13.2 Å². The number of carbonyl (C=O) groups is 1. The number of pyridine rings is 2. The van der Waals surface area contributed by atoms with Crippen LogP contribution in [0.1, 0.15) is 46.2 Å². The lowest BCUT2D eigenvalue weighted by Crippen LogP contribution is -2.39. The first-order valence-corrected chi connectivity index (χ1v) is 10.1. The number of aromatic amines is 1. The average Bonchev–Trinajstić information content (AvgIpc) is 3.35. The second-order valence-corrected chi connectivity index (χ2v) is 8.04. The van der Waals surface area contributed by atoms with Gasteiger partial charge in [0.05, 0.1) is 11.0 Å². The zero-order valence-corrected chi connectivity index (χ0v) is 16.8. The molecule has 1 saturated heterocycles. The van der Waals surface area contributed by atoms with Gasteiger partial charge in [-0.25, -0.2) is 9.97 Å². The molecule has 9 heteroatoms. The van der Waals surface area contributed by atoms with Crippen molar-refractivity contribution in [3.05, 3.63) is 65.4 Å². The molecule has 31 heavy (non-hydrogen) atoms. The van der Waals surface area contributed by atoms with Gasteiger partial charge in [-0.05, 0) is 55.7 Å². The van der Waals surface area contributed by atoms with Crippen LogP contribution >= 0.6 is 0 Å². The van der Waals surface area contributed by atoms with Gasteiger partial charge in [-0.15, -0.1) is 0 Å². The molecule has 1 unspecified atom stereocenters. The number of carbonyl (C=O) groups excluding carboxylic acids is 1. The molecule has 5 rings (SSSR count). The topological polar surface area (TPSA) is 66.3 Å². The van der Waals surface area contributed by atoms with Gasteiger partial charge in [-0.3, -0.25) is 4.79 Å². The van der Waals surface area contributed by atoms with Gasteiger partial charge in [0.1, 0.15) is 17.0 Å². The summed E-state index contributed by atoms with van der Waals surface area (Å²) in [5.41, 5.74) is 2.90. The maximum atomic E-state index is 13.1. The van der Waals surface area contributed by atoms with E-state index in [-0.39, 0.29) is 17.3 Å². The van der Waals surface area contributed by atoms with Crippen LogP contribution in [0.15, 0.2) is 42.7 Å². The number of hydrogen-bond donors (Lipinski definition) is 1. The van der Waals surface area contributed by atoms with Gasteiger partial charge in [0.15, 0.2) is 0 Å². The Bertz CT molecular complexity index is 1290. The van der Waals surface area contributed by atoms with E-state index in [1.165, 1.54) is 6.07 Å². The highest BCUT2D eigenvalue weighted by molar-refractivity contribution is 5.93. The van der Waals surface area contributed by atoms with Crippen LogP contribution in [0.3, 0.4) is 0 Å². The van der Waals surface area contributed by atoms with Crippen molar-refractivity contribution < 1.29 is 18.0 Å². The number of nitrogens with one attached hydrogen (secondary N) is 1. The Kier molecular flexibility index (Phi) is 4.49. The van der Waals surface area contributed by atoms with E-state index in [0.717, 1.165) is 35.8 Å². The van der Waals surface area contributed by atoms with Crippen LogP contribution in [0, 0.1) is 6.92 Å². The van der Waals surface area contributed by atoms with Crippen molar-refractivity contribution in [2.75, 3.05) is 13.1 Å². The van der Waals surface area contributed by atoms with E-state index in [2.05, 4.69) is 15.0 Å². The molecular weight excluding hydrogens is 407 g/mol. The van der Waals surface area contributed by atoms with Gasteiger partial charge in [0.25, 0.3) is 5.91 Å². The second kappa shape index (κ2) is 7.11. The van der Waals surface area contributed by atoms with Gasteiger partial charge < -0.3 is 14.3 Å². The Morgan fingerprint density at radius 3 is 2.84 bits per heavy atom. The zero-order chi connectivity index (χ0) is 21.8. The minimum Gasteiger partial charge on any atom is -0.357 e. The van der Waals surface area contributed by atoms with Crippen molar-refractivity contribution in [2.24, 2.45) is 0 Å². The SMILES string of the molecule is Cc1ccn2cc(C(=O)N3CCCC(c4cc5nc(C(F)(F)F)ccc5[nH]4)C3)nc2c1. The normalized spacial score (nSPS) is 17.5. The summed E-state index contributed by atoms with van der Waals surface area (Å²) >= 11 is 0. The van der Waals surface area contributed by atoms with Gasteiger partial charge >= 0.3 is 6.18 Å². The number of hydrogen-bond acceptors (Lipinski definition) is 3. The smallest absolute Gasteiger partial charge is 0.357 e. The van der Waals surface area contributed by atoms with Crippen LogP contribution in [0.2, 0.25) is 0 Å². The van der Waals surface area contributed by atoms with Crippen LogP contribution in [-0.2, 0) is 6.18 Å². The average molecular weight is 427 g/mol. The molecule has 6 nitrogen and oxygen atoms in total. The number of alkyl halides is 3. The number of amides is 1. The number of likely N-dealkylation sites (tertiary alicyclic amines) is 1. The van der Waals surface area contributed by atoms with E-state index < -0.39 is 11.9 Å². The third kappa shape index (κ3) is 3.64. The lowest BCUT2D eigenvalue weighted by molar-refractivity contribution is -0.140. The van der Waals surface area contributed by atoms with Crippen molar-refractivity contribution in [1.82, 2.24) is 24.3 Å². The van der Waals surface area contributed by atoms with Crippen LogP contribution in [0.25, 0.3) is 16.7 Å². The van der Waals surface area contributed by atoms with Gasteiger partial charge in [-0.2, -0.15) is 13.2 Å². The monoisotopic (exact) mass is 427 g/mol. The maximum absolute atomic E-state index is 13.1. The molecule has 1 N–H and O–H groups in total. The highest BCUT2D eigenvalue weighted by Crippen LogP contribution is 2.32. The minimum atomic E-state index is -4.48. The lowest BCUT2D eigenvalue weighted by Gasteiger charge is -2.32. The Hall–Kier alpha value is -3.36. The number of piperidine rings is 1. The Morgan fingerprint density at radius 2 is 2.03 bits per heavy atom. The molecule has 0 aliphatic carbocycles. The third-order valence-electron chi connectivity index (χ3n) is 5.77. The van der Waals surface area contributed by atoms with Crippen LogP contribution in [0.5, 0.6) is 0 Å². The largest absolute Gasteiger partial charge is 0.433 e. The van der Waals surface area contributed by atoms with E-state index in [9.17, 15) is 18.0 Å². The van der Waals surface area contributed by atoms with E-state index in [1.807, 2.05) is 29.7 Å². The quantitative estimate of drug-likeness (QED) is 0.510. The molecule has 4 aromatic rings. The second-order valence-electron chi connectivity index (χ2n) is 8.04. The number of halogens is 3. The van der Waals surface area contributed by atoms with Crippen LogP contribution in [-0.4, -0.2) is 43.2 Å². The van der Waals surface area contributed by atoms with E-state index in [0.29, 0.717) is 24.3 Å². The molecule has 0 spiro atoms. The predicted octanol–water partition coefficient (Wildman–Crippen LogP) is 4.56. The van der Waals surface area contributed by atoms with Crippen molar-refractivity contribution >= 4 is 22.6 Å². The van der Waals surface area contributed by atoms with Gasteiger partial charge in [0, 0.05) is 37.1 Å². The molecule has 1 aliphatic heterocycles. The first-order chi connectivity index (χ1) is 14.8. The highest BCUT2D eigenvalue weighted by atomic mass is 19.4. The van der Waals surface area contributed by atoms with Gasteiger partial charge in [0.2, 0.25) is 0 Å². The predicted molar refractivity (Wildman–Crippen MR) is 109 cm³/mol. The number of fused-ring (bicyclic) bond motifs is 2.